The Morgan fingerprint density at radius 1 is 1.43 bits per heavy atom. The summed E-state index contributed by atoms with van der Waals surface area (Å²) in [6, 6.07) is 5.46. The molecule has 0 radical (unpaired) electrons. The fourth-order valence-corrected chi connectivity index (χ4v) is 2.59. The normalized spacial score (nSPS) is 18.0. The molecule has 1 aromatic rings. The molecule has 0 spiro atoms. The number of ether oxygens (including phenoxy) is 2. The minimum atomic E-state index is -0.183. The second-order valence-electron chi connectivity index (χ2n) is 5.97. The van der Waals surface area contributed by atoms with Crippen molar-refractivity contribution >= 4 is 5.69 Å². The highest BCUT2D eigenvalue weighted by molar-refractivity contribution is 5.51. The van der Waals surface area contributed by atoms with Crippen molar-refractivity contribution in [2.75, 3.05) is 44.9 Å². The number of nitrogens with one attached hydrogen (secondary N) is 1. The first kappa shape index (κ1) is 16.2. The lowest BCUT2D eigenvalue weighted by molar-refractivity contribution is 0.0640. The predicted molar refractivity (Wildman–Crippen MR) is 82.2 cm³/mol. The Hall–Kier alpha value is -1.17. The van der Waals surface area contributed by atoms with Gasteiger partial charge in [0.1, 0.15) is 5.82 Å². The number of hydrogen-bond acceptors (Lipinski definition) is 4. The summed E-state index contributed by atoms with van der Waals surface area (Å²) in [6.07, 6.45) is 0. The van der Waals surface area contributed by atoms with Gasteiger partial charge in [-0.2, -0.15) is 0 Å². The number of benzene rings is 1. The van der Waals surface area contributed by atoms with Crippen molar-refractivity contribution in [2.24, 2.45) is 0 Å². The Labute approximate surface area is 126 Å². The molecule has 0 saturated carbocycles. The van der Waals surface area contributed by atoms with E-state index in [9.17, 15) is 4.39 Å². The van der Waals surface area contributed by atoms with Gasteiger partial charge in [0.2, 0.25) is 0 Å². The second-order valence-corrected chi connectivity index (χ2v) is 5.97. The van der Waals surface area contributed by atoms with Gasteiger partial charge < -0.3 is 19.7 Å². The fourth-order valence-electron chi connectivity index (χ4n) is 2.59. The van der Waals surface area contributed by atoms with Crippen LogP contribution in [0.4, 0.5) is 10.1 Å². The first-order valence-corrected chi connectivity index (χ1v) is 7.38. The zero-order chi connectivity index (χ0) is 15.3. The van der Waals surface area contributed by atoms with Crippen molar-refractivity contribution in [3.8, 4) is 0 Å². The minimum Gasteiger partial charge on any atom is -0.383 e. The van der Waals surface area contributed by atoms with Crippen molar-refractivity contribution in [3.05, 3.63) is 29.6 Å². The molecular weight excluding hydrogens is 271 g/mol. The maximum absolute atomic E-state index is 14.4. The summed E-state index contributed by atoms with van der Waals surface area (Å²) in [6.45, 7) is 8.19. The highest BCUT2D eigenvalue weighted by Crippen LogP contribution is 2.29. The van der Waals surface area contributed by atoms with Gasteiger partial charge in [-0.15, -0.1) is 0 Å². The van der Waals surface area contributed by atoms with Crippen LogP contribution in [0.5, 0.6) is 0 Å². The van der Waals surface area contributed by atoms with E-state index in [2.05, 4.69) is 24.1 Å². The van der Waals surface area contributed by atoms with Crippen LogP contribution in [0.2, 0.25) is 0 Å². The molecular formula is C16H25FN2O2. The third-order valence-electron chi connectivity index (χ3n) is 3.76. The van der Waals surface area contributed by atoms with Gasteiger partial charge in [-0.3, -0.25) is 0 Å². The minimum absolute atomic E-state index is 0.170. The lowest BCUT2D eigenvalue weighted by Gasteiger charge is -2.43. The third kappa shape index (κ3) is 4.15. The Kier molecular flexibility index (Phi) is 5.56. The molecule has 1 aliphatic rings. The van der Waals surface area contributed by atoms with Crippen molar-refractivity contribution in [1.82, 2.24) is 5.32 Å². The van der Waals surface area contributed by atoms with Gasteiger partial charge in [-0.1, -0.05) is 6.07 Å². The summed E-state index contributed by atoms with van der Waals surface area (Å²) in [5.41, 5.74) is 1.42. The van der Waals surface area contributed by atoms with Gasteiger partial charge in [0.15, 0.2) is 0 Å². The van der Waals surface area contributed by atoms with Gasteiger partial charge in [-0.05, 0) is 31.5 Å². The lowest BCUT2D eigenvalue weighted by atomic mass is 10.0. The summed E-state index contributed by atoms with van der Waals surface area (Å²) in [4.78, 5) is 2.09. The van der Waals surface area contributed by atoms with Crippen molar-refractivity contribution in [3.63, 3.8) is 0 Å². The van der Waals surface area contributed by atoms with Crippen LogP contribution in [0, 0.1) is 5.82 Å². The van der Waals surface area contributed by atoms with Gasteiger partial charge in [-0.25, -0.2) is 4.39 Å². The number of rotatable bonds is 6. The number of hydrogen-bond donors (Lipinski definition) is 1. The Morgan fingerprint density at radius 3 is 2.90 bits per heavy atom. The highest BCUT2D eigenvalue weighted by Gasteiger charge is 2.32. The molecule has 1 saturated heterocycles. The van der Waals surface area contributed by atoms with Crippen LogP contribution in [0.25, 0.3) is 0 Å². The number of anilines is 1. The molecule has 1 aliphatic heterocycles. The van der Waals surface area contributed by atoms with Crippen LogP contribution < -0.4 is 10.2 Å². The summed E-state index contributed by atoms with van der Waals surface area (Å²) in [5, 5.41) is 3.22. The van der Waals surface area contributed by atoms with E-state index in [0.717, 1.165) is 18.7 Å². The Morgan fingerprint density at radius 2 is 2.24 bits per heavy atom. The summed E-state index contributed by atoms with van der Waals surface area (Å²) < 4.78 is 24.9. The van der Waals surface area contributed by atoms with E-state index in [1.165, 1.54) is 0 Å². The van der Waals surface area contributed by atoms with E-state index < -0.39 is 0 Å². The molecule has 1 N–H and O–H groups in total. The maximum Gasteiger partial charge on any atom is 0.146 e. The Bertz CT molecular complexity index is 466. The molecule has 21 heavy (non-hydrogen) atoms. The molecule has 0 aliphatic carbocycles. The van der Waals surface area contributed by atoms with E-state index in [1.807, 2.05) is 12.1 Å². The zero-order valence-corrected chi connectivity index (χ0v) is 13.1. The standard InChI is InChI=1S/C16H25FN2O2/c1-16(2)12-21-9-7-19(16)15-5-4-13(10-14(15)17)11-18-6-8-20-3/h4-5,10,18H,6-9,11-12H2,1-3H3. The van der Waals surface area contributed by atoms with Crippen LogP contribution in [0.15, 0.2) is 18.2 Å². The molecule has 0 unspecified atom stereocenters. The molecule has 1 aromatic carbocycles. The van der Waals surface area contributed by atoms with Crippen LogP contribution in [-0.4, -0.2) is 45.6 Å². The van der Waals surface area contributed by atoms with Gasteiger partial charge >= 0.3 is 0 Å². The molecule has 0 amide bonds. The van der Waals surface area contributed by atoms with Crippen molar-refractivity contribution < 1.29 is 13.9 Å². The van der Waals surface area contributed by atoms with Crippen molar-refractivity contribution in [2.45, 2.75) is 25.9 Å². The van der Waals surface area contributed by atoms with E-state index in [1.54, 1.807) is 13.2 Å². The maximum atomic E-state index is 14.4. The Balaban J connectivity index is 2.04. The largest absolute Gasteiger partial charge is 0.383 e. The molecule has 118 valence electrons. The molecule has 5 heteroatoms. The number of morpholine rings is 1. The smallest absolute Gasteiger partial charge is 0.146 e. The van der Waals surface area contributed by atoms with Gasteiger partial charge in [0, 0.05) is 26.7 Å². The first-order valence-electron chi connectivity index (χ1n) is 7.38. The lowest BCUT2D eigenvalue weighted by Crippen LogP contribution is -2.53. The molecule has 1 heterocycles. The van der Waals surface area contributed by atoms with E-state index in [-0.39, 0.29) is 11.4 Å². The van der Waals surface area contributed by atoms with Crippen LogP contribution in [0.1, 0.15) is 19.4 Å². The average Bonchev–Trinajstić information content (AvgIpc) is 2.44. The number of methoxy groups -OCH3 is 1. The quantitative estimate of drug-likeness (QED) is 0.816. The summed E-state index contributed by atoms with van der Waals surface area (Å²) in [5.74, 6) is -0.170. The SMILES string of the molecule is COCCNCc1ccc(N2CCOCC2(C)C)c(F)c1. The van der Waals surface area contributed by atoms with Gasteiger partial charge in [0.25, 0.3) is 0 Å². The molecule has 1 fully saturated rings. The van der Waals surface area contributed by atoms with E-state index in [4.69, 9.17) is 9.47 Å². The molecule has 4 nitrogen and oxygen atoms in total. The second kappa shape index (κ2) is 7.20. The van der Waals surface area contributed by atoms with Crippen LogP contribution in [0.3, 0.4) is 0 Å². The molecule has 2 rings (SSSR count). The third-order valence-corrected chi connectivity index (χ3v) is 3.76. The molecule has 0 atom stereocenters. The topological polar surface area (TPSA) is 33.7 Å². The van der Waals surface area contributed by atoms with Gasteiger partial charge in [0.05, 0.1) is 31.0 Å². The number of halogens is 1. The van der Waals surface area contributed by atoms with Crippen LogP contribution in [-0.2, 0) is 16.0 Å². The molecule has 0 bridgehead atoms. The highest BCUT2D eigenvalue weighted by atomic mass is 19.1. The van der Waals surface area contributed by atoms with Crippen molar-refractivity contribution in [1.29, 1.82) is 0 Å². The average molecular weight is 296 g/mol. The molecule has 0 aromatic heterocycles. The first-order chi connectivity index (χ1) is 10.0. The zero-order valence-electron chi connectivity index (χ0n) is 13.1. The van der Waals surface area contributed by atoms with Crippen LogP contribution >= 0.6 is 0 Å². The fraction of sp³-hybridized carbons (Fsp3) is 0.625. The van der Waals surface area contributed by atoms with E-state index >= 15 is 0 Å². The summed E-state index contributed by atoms with van der Waals surface area (Å²) in [7, 11) is 1.67. The number of nitrogens with zero attached hydrogens (tertiary/aromatic N) is 1. The predicted octanol–water partition coefficient (Wildman–Crippen LogP) is 2.18. The van der Waals surface area contributed by atoms with E-state index in [0.29, 0.717) is 32.1 Å². The summed E-state index contributed by atoms with van der Waals surface area (Å²) >= 11 is 0. The monoisotopic (exact) mass is 296 g/mol.